The topological polar surface area (TPSA) is 232 Å². The molecule has 0 amide bonds. The number of rotatable bonds is 46. The van der Waals surface area contributed by atoms with Crippen LogP contribution in [0.2, 0.25) is 0 Å². The third-order valence-corrected chi connectivity index (χ3v) is 14.3. The van der Waals surface area contributed by atoms with Gasteiger partial charge in [-0.25, -0.2) is 0 Å². The minimum Gasteiger partial charge on any atom is -0.463 e. The van der Waals surface area contributed by atoms with Gasteiger partial charge in [0.1, 0.15) is 31.5 Å². The van der Waals surface area contributed by atoms with Crippen LogP contribution in [0, 0.1) is 0 Å². The molecule has 0 aromatic carbocycles. The molecule has 0 spiro atoms. The first-order valence-electron chi connectivity index (χ1n) is 31.2. The number of hydrogen-bond acceptors (Lipinski definition) is 18. The van der Waals surface area contributed by atoms with Gasteiger partial charge < -0.3 is 52.5 Å². The molecule has 2 aliphatic rings. The minimum absolute atomic E-state index is 0.00484. The van der Waals surface area contributed by atoms with Crippen LogP contribution >= 0.6 is 0 Å². The molecule has 0 radical (unpaired) electrons. The number of unbranched alkanes of at least 4 members (excludes halogenated alkanes) is 21. The maximum Gasteiger partial charge on any atom is 0.306 e. The Labute approximate surface area is 474 Å². The Morgan fingerprint density at radius 2 is 0.570 bits per heavy atom. The number of aliphatic hydroxyl groups is 1. The van der Waals surface area contributed by atoms with Crippen LogP contribution in [0.25, 0.3) is 0 Å². The van der Waals surface area contributed by atoms with Gasteiger partial charge in [0.05, 0.1) is 0 Å². The van der Waals surface area contributed by atoms with Gasteiger partial charge in [0.2, 0.25) is 0 Å². The highest BCUT2D eigenvalue weighted by molar-refractivity contribution is 5.73. The van der Waals surface area contributed by atoms with Crippen molar-refractivity contribution in [2.45, 2.75) is 335 Å². The molecule has 2 aliphatic heterocycles. The summed E-state index contributed by atoms with van der Waals surface area (Å²) < 4.78 is 62.4. The van der Waals surface area contributed by atoms with Gasteiger partial charge in [-0.1, -0.05) is 183 Å². The van der Waals surface area contributed by atoms with Crippen molar-refractivity contribution in [1.82, 2.24) is 0 Å². The quantitative estimate of drug-likeness (QED) is 0.0339. The molecule has 0 bridgehead atoms. The maximum atomic E-state index is 14.1. The first-order chi connectivity index (χ1) is 38.3. The molecular formula is C61H106O18. The molecule has 2 rings (SSSR count). The van der Waals surface area contributed by atoms with Gasteiger partial charge in [-0.15, -0.1) is 0 Å². The highest BCUT2D eigenvalue weighted by atomic mass is 16.8. The second-order valence-electron chi connectivity index (χ2n) is 21.5. The van der Waals surface area contributed by atoms with E-state index in [-0.39, 0.29) is 44.9 Å². The van der Waals surface area contributed by atoms with E-state index >= 15 is 0 Å². The van der Waals surface area contributed by atoms with Crippen LogP contribution in [0.5, 0.6) is 0 Å². The van der Waals surface area contributed by atoms with Crippen molar-refractivity contribution in [1.29, 1.82) is 0 Å². The molecule has 18 nitrogen and oxygen atoms in total. The molecule has 2 heterocycles. The molecule has 0 unspecified atom stereocenters. The highest BCUT2D eigenvalue weighted by Crippen LogP contribution is 2.36. The Balaban J connectivity index is 2.95. The second-order valence-corrected chi connectivity index (χ2v) is 21.5. The van der Waals surface area contributed by atoms with E-state index < -0.39 is 116 Å². The standard InChI is InChI=1S/C61H106O18/c1-8-15-22-29-36-47(62)70-43-45-55(56(75-50(65)39-32-25-18-11-4)58(60(69)72-45)77-52(67)41-34-27-20-13-6)79-61-59(78-53(68)42-35-28-21-14-7)57(76-51(66)40-33-26-19-12-5)54(74-49(64)38-31-24-17-10-3)46(73-61)44-71-48(63)37-30-23-16-9-2/h45-46,54-61,69H,8-44H2,1-7H3/t45-,46-,54-,55-,56+,57+,58-,59-,60-,61+/m1/s1. The van der Waals surface area contributed by atoms with Crippen molar-refractivity contribution in [3.05, 3.63) is 0 Å². The fourth-order valence-corrected chi connectivity index (χ4v) is 9.55. The van der Waals surface area contributed by atoms with Gasteiger partial charge in [0.25, 0.3) is 0 Å². The zero-order chi connectivity index (χ0) is 58.0. The van der Waals surface area contributed by atoms with Crippen molar-refractivity contribution in [3.8, 4) is 0 Å². The fourth-order valence-electron chi connectivity index (χ4n) is 9.55. The molecule has 18 heteroatoms. The molecule has 2 fully saturated rings. The zero-order valence-corrected chi connectivity index (χ0v) is 49.8. The predicted molar refractivity (Wildman–Crippen MR) is 297 cm³/mol. The number of ether oxygens (including phenoxy) is 10. The Bertz CT molecular complexity index is 1670. The monoisotopic (exact) mass is 1130 g/mol. The first kappa shape index (κ1) is 71.2. The lowest BCUT2D eigenvalue weighted by Gasteiger charge is -2.48. The molecule has 1 N–H and O–H groups in total. The van der Waals surface area contributed by atoms with Gasteiger partial charge in [0.15, 0.2) is 43.1 Å². The lowest BCUT2D eigenvalue weighted by Crippen LogP contribution is -2.67. The van der Waals surface area contributed by atoms with Crippen molar-refractivity contribution in [3.63, 3.8) is 0 Å². The second kappa shape index (κ2) is 44.7. The van der Waals surface area contributed by atoms with Crippen molar-refractivity contribution in [2.24, 2.45) is 0 Å². The van der Waals surface area contributed by atoms with E-state index in [1.54, 1.807) is 0 Å². The smallest absolute Gasteiger partial charge is 0.306 e. The molecule has 0 saturated carbocycles. The van der Waals surface area contributed by atoms with Crippen molar-refractivity contribution >= 4 is 41.8 Å². The zero-order valence-electron chi connectivity index (χ0n) is 49.8. The van der Waals surface area contributed by atoms with E-state index in [1.807, 2.05) is 34.6 Å². The van der Waals surface area contributed by atoms with Crippen LogP contribution in [0.4, 0.5) is 0 Å². The van der Waals surface area contributed by atoms with Crippen molar-refractivity contribution in [2.75, 3.05) is 13.2 Å². The van der Waals surface area contributed by atoms with Gasteiger partial charge in [-0.05, 0) is 44.9 Å². The maximum absolute atomic E-state index is 14.1. The minimum atomic E-state index is -1.92. The Hall–Kier alpha value is -3.87. The Kier molecular flexibility index (Phi) is 40.3. The van der Waals surface area contributed by atoms with E-state index in [0.717, 1.165) is 135 Å². The van der Waals surface area contributed by atoms with Crippen LogP contribution in [0.1, 0.15) is 273 Å². The summed E-state index contributed by atoms with van der Waals surface area (Å²) in [6, 6.07) is 0. The average molecular weight is 1130 g/mol. The number of carbonyl (C=O) groups excluding carboxylic acids is 7. The van der Waals surface area contributed by atoms with Crippen LogP contribution in [-0.2, 0) is 80.9 Å². The number of aliphatic hydroxyl groups excluding tert-OH is 1. The Morgan fingerprint density at radius 1 is 0.304 bits per heavy atom. The third-order valence-electron chi connectivity index (χ3n) is 14.3. The Morgan fingerprint density at radius 3 is 0.899 bits per heavy atom. The van der Waals surface area contributed by atoms with Crippen molar-refractivity contribution < 1.29 is 86.0 Å². The number of hydrogen-bond donors (Lipinski definition) is 1. The summed E-state index contributed by atoms with van der Waals surface area (Å²) in [5.41, 5.74) is 0. The predicted octanol–water partition coefficient (Wildman–Crippen LogP) is 12.3. The molecule has 458 valence electrons. The summed E-state index contributed by atoms with van der Waals surface area (Å²) in [6.45, 7) is 13.3. The summed E-state index contributed by atoms with van der Waals surface area (Å²) in [7, 11) is 0. The highest BCUT2D eigenvalue weighted by Gasteiger charge is 2.58. The average Bonchev–Trinajstić information content (AvgIpc) is 3.48. The summed E-state index contributed by atoms with van der Waals surface area (Å²) in [5.74, 6) is -4.57. The van der Waals surface area contributed by atoms with Crippen LogP contribution in [0.15, 0.2) is 0 Å². The molecule has 2 saturated heterocycles. The third kappa shape index (κ3) is 30.7. The summed E-state index contributed by atoms with van der Waals surface area (Å²) >= 11 is 0. The lowest BCUT2D eigenvalue weighted by molar-refractivity contribution is -0.357. The lowest BCUT2D eigenvalue weighted by atomic mass is 9.95. The number of carbonyl (C=O) groups is 7. The summed E-state index contributed by atoms with van der Waals surface area (Å²) in [5, 5.41) is 11.8. The largest absolute Gasteiger partial charge is 0.463 e. The SMILES string of the molecule is CCCCCCC(=O)OC[C@H]1O[C@@H](O)[C@H](OC(=O)CCCCCC)[C@@H](OC(=O)CCCCCC)[C@@H]1O[C@@H]1O[C@H](COC(=O)CCCCCC)[C@@H](OC(=O)CCCCCC)[C@H](OC(=O)CCCCCC)[C@H]1OC(=O)CCCCCC. The molecule has 0 aromatic rings. The summed E-state index contributed by atoms with van der Waals surface area (Å²) in [6.07, 6.45) is 5.19. The molecule has 10 atom stereocenters. The van der Waals surface area contributed by atoms with Crippen LogP contribution in [0.3, 0.4) is 0 Å². The van der Waals surface area contributed by atoms with Crippen LogP contribution < -0.4 is 0 Å². The van der Waals surface area contributed by atoms with E-state index in [1.165, 1.54) is 0 Å². The van der Waals surface area contributed by atoms with Gasteiger partial charge >= 0.3 is 41.8 Å². The molecular weight excluding hydrogens is 1020 g/mol. The first-order valence-corrected chi connectivity index (χ1v) is 31.2. The van der Waals surface area contributed by atoms with Gasteiger partial charge in [-0.2, -0.15) is 0 Å². The van der Waals surface area contributed by atoms with E-state index in [0.29, 0.717) is 44.9 Å². The van der Waals surface area contributed by atoms with E-state index in [2.05, 4.69) is 13.8 Å². The van der Waals surface area contributed by atoms with E-state index in [9.17, 15) is 38.7 Å². The molecule has 0 aromatic heterocycles. The van der Waals surface area contributed by atoms with Crippen LogP contribution in [-0.4, -0.2) is 122 Å². The number of esters is 7. The molecule has 0 aliphatic carbocycles. The molecule has 79 heavy (non-hydrogen) atoms. The van der Waals surface area contributed by atoms with Gasteiger partial charge in [0, 0.05) is 44.9 Å². The van der Waals surface area contributed by atoms with Gasteiger partial charge in [-0.3, -0.25) is 33.6 Å². The normalized spacial score (nSPS) is 22.8. The summed E-state index contributed by atoms with van der Waals surface area (Å²) in [4.78, 5) is 96.5. The van der Waals surface area contributed by atoms with E-state index in [4.69, 9.17) is 47.4 Å². The fraction of sp³-hybridized carbons (Fsp3) is 0.885.